The minimum absolute atomic E-state index is 0.131. The first-order valence-corrected chi connectivity index (χ1v) is 9.86. The molecule has 0 radical (unpaired) electrons. The molecule has 0 bridgehead atoms. The lowest BCUT2D eigenvalue weighted by Crippen LogP contribution is -2.39. The van der Waals surface area contributed by atoms with Crippen LogP contribution >= 0.6 is 11.6 Å². The second-order valence-corrected chi connectivity index (χ2v) is 7.53. The van der Waals surface area contributed by atoms with Crippen molar-refractivity contribution >= 4 is 23.4 Å². The molecular formula is C22H21ClN4O2. The van der Waals surface area contributed by atoms with Crippen molar-refractivity contribution in [1.29, 1.82) is 0 Å². The van der Waals surface area contributed by atoms with Crippen LogP contribution in [0.5, 0.6) is 0 Å². The number of rotatable bonds is 5. The standard InChI is InChI=1S/C22H21ClN4O2/c1-15(17-5-3-2-4-6-17)24-21(28)19-13-20-22(29)26(11-12-27(20)25-19)14-16-7-9-18(23)10-8-16/h2-10,13,15H,11-12,14H2,1H3,(H,24,28)/t15-/m0/s1. The maximum atomic E-state index is 12.9. The molecule has 2 heterocycles. The van der Waals surface area contributed by atoms with Crippen LogP contribution in [0.3, 0.4) is 0 Å². The topological polar surface area (TPSA) is 67.2 Å². The van der Waals surface area contributed by atoms with Crippen LogP contribution in [0, 0.1) is 0 Å². The lowest BCUT2D eigenvalue weighted by molar-refractivity contribution is 0.0683. The van der Waals surface area contributed by atoms with Crippen molar-refractivity contribution in [2.45, 2.75) is 26.1 Å². The number of carbonyl (C=O) groups excluding carboxylic acids is 2. The summed E-state index contributed by atoms with van der Waals surface area (Å²) in [6.45, 7) is 3.50. The van der Waals surface area contributed by atoms with Gasteiger partial charge in [0.25, 0.3) is 11.8 Å². The summed E-state index contributed by atoms with van der Waals surface area (Å²) in [5, 5.41) is 7.95. The number of fused-ring (bicyclic) bond motifs is 1. The molecule has 1 aliphatic rings. The van der Waals surface area contributed by atoms with Gasteiger partial charge in [0.15, 0.2) is 5.69 Å². The number of amides is 2. The molecule has 1 aromatic heterocycles. The largest absolute Gasteiger partial charge is 0.344 e. The third-order valence-electron chi connectivity index (χ3n) is 5.03. The van der Waals surface area contributed by atoms with Gasteiger partial charge in [-0.3, -0.25) is 14.3 Å². The van der Waals surface area contributed by atoms with E-state index in [0.29, 0.717) is 30.4 Å². The molecule has 148 valence electrons. The van der Waals surface area contributed by atoms with Gasteiger partial charge in [-0.2, -0.15) is 5.10 Å². The number of nitrogens with zero attached hydrogens (tertiary/aromatic N) is 3. The number of halogens is 1. The SMILES string of the molecule is C[C@H](NC(=O)c1cc2n(n1)CCN(Cc1ccc(Cl)cc1)C2=O)c1ccccc1. The van der Waals surface area contributed by atoms with Crippen molar-refractivity contribution in [2.75, 3.05) is 6.54 Å². The Hall–Kier alpha value is -3.12. The van der Waals surface area contributed by atoms with Crippen LogP contribution in [0.2, 0.25) is 5.02 Å². The Morgan fingerprint density at radius 1 is 1.14 bits per heavy atom. The van der Waals surface area contributed by atoms with Crippen molar-refractivity contribution in [2.24, 2.45) is 0 Å². The molecule has 1 atom stereocenters. The van der Waals surface area contributed by atoms with E-state index in [-0.39, 0.29) is 23.6 Å². The summed E-state index contributed by atoms with van der Waals surface area (Å²) in [5.74, 6) is -0.422. The molecule has 0 saturated heterocycles. The van der Waals surface area contributed by atoms with Crippen LogP contribution in [0.1, 0.15) is 45.1 Å². The molecule has 6 nitrogen and oxygen atoms in total. The molecule has 2 aromatic carbocycles. The Kier molecular flexibility index (Phi) is 5.36. The monoisotopic (exact) mass is 408 g/mol. The van der Waals surface area contributed by atoms with Gasteiger partial charge in [0.2, 0.25) is 0 Å². The van der Waals surface area contributed by atoms with Crippen LogP contribution < -0.4 is 5.32 Å². The maximum absolute atomic E-state index is 12.9. The summed E-state index contributed by atoms with van der Waals surface area (Å²) >= 11 is 5.93. The summed E-state index contributed by atoms with van der Waals surface area (Å²) in [7, 11) is 0. The lowest BCUT2D eigenvalue weighted by Gasteiger charge is -2.27. The maximum Gasteiger partial charge on any atom is 0.272 e. The quantitative estimate of drug-likeness (QED) is 0.700. The van der Waals surface area contributed by atoms with Crippen molar-refractivity contribution in [1.82, 2.24) is 20.0 Å². The van der Waals surface area contributed by atoms with E-state index in [0.717, 1.165) is 11.1 Å². The molecule has 0 saturated carbocycles. The number of hydrogen-bond donors (Lipinski definition) is 1. The molecule has 7 heteroatoms. The van der Waals surface area contributed by atoms with Gasteiger partial charge in [0, 0.05) is 24.2 Å². The normalized spacial score (nSPS) is 14.4. The Bertz CT molecular complexity index is 1030. The molecule has 0 unspecified atom stereocenters. The van der Waals surface area contributed by atoms with E-state index in [1.165, 1.54) is 0 Å². The Morgan fingerprint density at radius 3 is 2.59 bits per heavy atom. The molecule has 0 aliphatic carbocycles. The average molecular weight is 409 g/mol. The van der Waals surface area contributed by atoms with E-state index in [4.69, 9.17) is 11.6 Å². The second kappa shape index (κ2) is 8.09. The zero-order valence-electron chi connectivity index (χ0n) is 16.0. The fourth-order valence-electron chi connectivity index (χ4n) is 3.41. The zero-order valence-corrected chi connectivity index (χ0v) is 16.8. The molecule has 1 N–H and O–H groups in total. The number of nitrogens with one attached hydrogen (secondary N) is 1. The van der Waals surface area contributed by atoms with Gasteiger partial charge >= 0.3 is 0 Å². The predicted molar refractivity (Wildman–Crippen MR) is 111 cm³/mol. The molecule has 4 rings (SSSR count). The van der Waals surface area contributed by atoms with Gasteiger partial charge in [0.05, 0.1) is 12.6 Å². The fraction of sp³-hybridized carbons (Fsp3) is 0.227. The van der Waals surface area contributed by atoms with Gasteiger partial charge in [-0.15, -0.1) is 0 Å². The number of hydrogen-bond acceptors (Lipinski definition) is 3. The van der Waals surface area contributed by atoms with Gasteiger partial charge in [0.1, 0.15) is 5.69 Å². The Morgan fingerprint density at radius 2 is 1.86 bits per heavy atom. The number of aromatic nitrogens is 2. The first kappa shape index (κ1) is 19.2. The average Bonchev–Trinajstić information content (AvgIpc) is 3.18. The lowest BCUT2D eigenvalue weighted by atomic mass is 10.1. The molecule has 3 aromatic rings. The van der Waals surface area contributed by atoms with Gasteiger partial charge in [-0.1, -0.05) is 54.1 Å². The van der Waals surface area contributed by atoms with E-state index in [1.807, 2.05) is 61.5 Å². The molecular weight excluding hydrogens is 388 g/mol. The first-order chi connectivity index (χ1) is 14.0. The highest BCUT2D eigenvalue weighted by Gasteiger charge is 2.28. The van der Waals surface area contributed by atoms with Gasteiger partial charge in [-0.05, 0) is 30.2 Å². The fourth-order valence-corrected chi connectivity index (χ4v) is 3.53. The van der Waals surface area contributed by atoms with Crippen molar-refractivity contribution in [3.05, 3.63) is 88.2 Å². The van der Waals surface area contributed by atoms with Crippen LogP contribution in [-0.2, 0) is 13.1 Å². The number of carbonyl (C=O) groups is 2. The molecule has 1 aliphatic heterocycles. The number of benzene rings is 2. The van der Waals surface area contributed by atoms with E-state index < -0.39 is 0 Å². The van der Waals surface area contributed by atoms with Crippen molar-refractivity contribution in [3.63, 3.8) is 0 Å². The van der Waals surface area contributed by atoms with E-state index in [9.17, 15) is 9.59 Å². The molecule has 0 spiro atoms. The third kappa shape index (κ3) is 4.17. The summed E-state index contributed by atoms with van der Waals surface area (Å²) in [6, 6.07) is 18.6. The Balaban J connectivity index is 1.46. The van der Waals surface area contributed by atoms with Gasteiger partial charge < -0.3 is 10.2 Å². The first-order valence-electron chi connectivity index (χ1n) is 9.48. The Labute approximate surface area is 174 Å². The summed E-state index contributed by atoms with van der Waals surface area (Å²) < 4.78 is 1.61. The highest BCUT2D eigenvalue weighted by molar-refractivity contribution is 6.30. The van der Waals surface area contributed by atoms with Crippen LogP contribution in [-0.4, -0.2) is 33.0 Å². The smallest absolute Gasteiger partial charge is 0.272 e. The van der Waals surface area contributed by atoms with E-state index >= 15 is 0 Å². The van der Waals surface area contributed by atoms with Crippen molar-refractivity contribution < 1.29 is 9.59 Å². The highest BCUT2D eigenvalue weighted by Crippen LogP contribution is 2.19. The minimum Gasteiger partial charge on any atom is -0.344 e. The molecule has 29 heavy (non-hydrogen) atoms. The highest BCUT2D eigenvalue weighted by atomic mass is 35.5. The summed E-state index contributed by atoms with van der Waals surface area (Å²) in [5.41, 5.74) is 2.70. The molecule has 2 amide bonds. The van der Waals surface area contributed by atoms with Crippen molar-refractivity contribution in [3.8, 4) is 0 Å². The summed E-state index contributed by atoms with van der Waals surface area (Å²) in [4.78, 5) is 27.3. The predicted octanol–water partition coefficient (Wildman–Crippen LogP) is 3.68. The zero-order chi connectivity index (χ0) is 20.4. The third-order valence-corrected chi connectivity index (χ3v) is 5.29. The van der Waals surface area contributed by atoms with Gasteiger partial charge in [-0.25, -0.2) is 0 Å². The van der Waals surface area contributed by atoms with Crippen LogP contribution in [0.15, 0.2) is 60.7 Å². The van der Waals surface area contributed by atoms with E-state index in [1.54, 1.807) is 15.6 Å². The van der Waals surface area contributed by atoms with E-state index in [2.05, 4.69) is 10.4 Å². The van der Waals surface area contributed by atoms with Crippen LogP contribution in [0.4, 0.5) is 0 Å². The second-order valence-electron chi connectivity index (χ2n) is 7.10. The summed E-state index contributed by atoms with van der Waals surface area (Å²) in [6.07, 6.45) is 0. The minimum atomic E-state index is -0.291. The van der Waals surface area contributed by atoms with Crippen LogP contribution in [0.25, 0.3) is 0 Å². The molecule has 0 fully saturated rings.